The van der Waals surface area contributed by atoms with E-state index in [-0.39, 0.29) is 10.9 Å². The van der Waals surface area contributed by atoms with E-state index in [1.165, 1.54) is 7.05 Å². The lowest BCUT2D eigenvalue weighted by Crippen LogP contribution is -2.20. The molecule has 0 radical (unpaired) electrons. The maximum Gasteiger partial charge on any atom is 0.242 e. The molecule has 7 heteroatoms. The molecule has 2 N–H and O–H groups in total. The summed E-state index contributed by atoms with van der Waals surface area (Å²) >= 11 is 3.24. The maximum atomic E-state index is 12.0. The molecule has 0 bridgehead atoms. The van der Waals surface area contributed by atoms with E-state index < -0.39 is 10.0 Å². The van der Waals surface area contributed by atoms with Crippen molar-refractivity contribution in [3.8, 4) is 0 Å². The minimum atomic E-state index is -3.50. The second kappa shape index (κ2) is 5.99. The normalized spacial score (nSPS) is 13.2. The average molecular weight is 359 g/mol. The van der Waals surface area contributed by atoms with Crippen LogP contribution < -0.4 is 10.0 Å². The lowest BCUT2D eigenvalue weighted by molar-refractivity contribution is 0.470. The van der Waals surface area contributed by atoms with Crippen LogP contribution in [0.3, 0.4) is 0 Å². The van der Waals surface area contributed by atoms with Gasteiger partial charge in [-0.3, -0.25) is 0 Å². The molecule has 5 nitrogen and oxygen atoms in total. The Morgan fingerprint density at radius 1 is 1.20 bits per heavy atom. The Bertz CT molecular complexity index is 697. The summed E-state index contributed by atoms with van der Waals surface area (Å²) in [6, 6.07) is 10.2. The lowest BCUT2D eigenvalue weighted by atomic mass is 10.2. The largest absolute Gasteiger partial charge is 0.452 e. The first-order valence-electron chi connectivity index (χ1n) is 5.98. The lowest BCUT2D eigenvalue weighted by Gasteiger charge is -2.16. The van der Waals surface area contributed by atoms with E-state index in [1.807, 2.05) is 13.0 Å². The van der Waals surface area contributed by atoms with Gasteiger partial charge in [0.25, 0.3) is 0 Å². The summed E-state index contributed by atoms with van der Waals surface area (Å²) in [5, 5.41) is 3.15. The van der Waals surface area contributed by atoms with Gasteiger partial charge in [-0.05, 0) is 54.2 Å². The zero-order valence-electron chi connectivity index (χ0n) is 11.1. The molecule has 0 fully saturated rings. The summed E-state index contributed by atoms with van der Waals surface area (Å²) in [4.78, 5) is 0.208. The summed E-state index contributed by atoms with van der Waals surface area (Å²) in [6.45, 7) is 1.90. The van der Waals surface area contributed by atoms with Crippen molar-refractivity contribution in [3.63, 3.8) is 0 Å². The highest BCUT2D eigenvalue weighted by Crippen LogP contribution is 2.27. The molecular formula is C13H15BrN2O3S. The van der Waals surface area contributed by atoms with Crippen molar-refractivity contribution in [1.82, 2.24) is 4.72 Å². The number of halogens is 1. The molecule has 1 atom stereocenters. The molecule has 0 spiro atoms. The third-order valence-electron chi connectivity index (χ3n) is 2.84. The summed E-state index contributed by atoms with van der Waals surface area (Å²) in [5.74, 6) is 0.716. The summed E-state index contributed by atoms with van der Waals surface area (Å²) in [7, 11) is -2.12. The van der Waals surface area contributed by atoms with E-state index in [4.69, 9.17) is 4.42 Å². The highest BCUT2D eigenvalue weighted by Gasteiger charge is 2.18. The van der Waals surface area contributed by atoms with Crippen LogP contribution in [-0.2, 0) is 10.0 Å². The third kappa shape index (κ3) is 3.23. The van der Waals surface area contributed by atoms with Crippen LogP contribution in [0.5, 0.6) is 0 Å². The van der Waals surface area contributed by atoms with E-state index in [2.05, 4.69) is 26.0 Å². The minimum absolute atomic E-state index is 0.158. The molecule has 2 aromatic rings. The average Bonchev–Trinajstić information content (AvgIpc) is 2.86. The van der Waals surface area contributed by atoms with E-state index in [0.717, 1.165) is 0 Å². The SMILES string of the molecule is CNS(=O)(=O)c1ccccc1NC(C)c1ccc(Br)o1. The van der Waals surface area contributed by atoms with E-state index >= 15 is 0 Å². The van der Waals surface area contributed by atoms with Crippen molar-refractivity contribution >= 4 is 31.6 Å². The van der Waals surface area contributed by atoms with Gasteiger partial charge < -0.3 is 9.73 Å². The van der Waals surface area contributed by atoms with Gasteiger partial charge in [-0.25, -0.2) is 13.1 Å². The summed E-state index contributed by atoms with van der Waals surface area (Å²) in [5.41, 5.74) is 0.530. The zero-order chi connectivity index (χ0) is 14.8. The molecule has 1 aromatic heterocycles. The van der Waals surface area contributed by atoms with Gasteiger partial charge in [0, 0.05) is 0 Å². The summed E-state index contributed by atoms with van der Waals surface area (Å²) in [6.07, 6.45) is 0. The van der Waals surface area contributed by atoms with Gasteiger partial charge in [-0.15, -0.1) is 0 Å². The predicted molar refractivity (Wildman–Crippen MR) is 81.1 cm³/mol. The van der Waals surface area contributed by atoms with Crippen LogP contribution in [0.2, 0.25) is 0 Å². The minimum Gasteiger partial charge on any atom is -0.452 e. The zero-order valence-corrected chi connectivity index (χ0v) is 13.5. The Hall–Kier alpha value is -1.31. The highest BCUT2D eigenvalue weighted by molar-refractivity contribution is 9.10. The molecule has 0 aliphatic heterocycles. The molecule has 20 heavy (non-hydrogen) atoms. The van der Waals surface area contributed by atoms with Crippen LogP contribution in [0.25, 0.3) is 0 Å². The smallest absolute Gasteiger partial charge is 0.242 e. The number of para-hydroxylation sites is 1. The van der Waals surface area contributed by atoms with Crippen LogP contribution >= 0.6 is 15.9 Å². The fourth-order valence-corrected chi connectivity index (χ4v) is 3.01. The van der Waals surface area contributed by atoms with E-state index in [1.54, 1.807) is 30.3 Å². The predicted octanol–water partition coefficient (Wildman–Crippen LogP) is 3.12. The molecule has 1 heterocycles. The van der Waals surface area contributed by atoms with Crippen molar-refractivity contribution in [2.45, 2.75) is 17.9 Å². The molecule has 0 aliphatic carbocycles. The van der Waals surface area contributed by atoms with Crippen LogP contribution in [0.4, 0.5) is 5.69 Å². The van der Waals surface area contributed by atoms with Crippen LogP contribution in [0.1, 0.15) is 18.7 Å². The number of furan rings is 1. The molecule has 0 aliphatic rings. The van der Waals surface area contributed by atoms with Crippen molar-refractivity contribution in [3.05, 3.63) is 46.8 Å². The Labute approximate surface area is 126 Å². The topological polar surface area (TPSA) is 71.3 Å². The Balaban J connectivity index is 2.30. The number of rotatable bonds is 5. The Morgan fingerprint density at radius 2 is 1.90 bits per heavy atom. The molecule has 1 aromatic carbocycles. The van der Waals surface area contributed by atoms with Crippen molar-refractivity contribution in [2.24, 2.45) is 0 Å². The van der Waals surface area contributed by atoms with Crippen molar-refractivity contribution < 1.29 is 12.8 Å². The van der Waals surface area contributed by atoms with Gasteiger partial charge in [0.15, 0.2) is 4.67 Å². The standard InChI is InChI=1S/C13H15BrN2O3S/c1-9(11-7-8-13(14)19-11)16-10-5-3-4-6-12(10)20(17,18)15-2/h3-9,15-16H,1-2H3. The Morgan fingerprint density at radius 3 is 2.50 bits per heavy atom. The van der Waals surface area contributed by atoms with Gasteiger partial charge in [-0.2, -0.15) is 0 Å². The molecule has 0 saturated carbocycles. The first kappa shape index (κ1) is 15.1. The molecule has 2 rings (SSSR count). The van der Waals surface area contributed by atoms with E-state index in [0.29, 0.717) is 16.1 Å². The number of anilines is 1. The first-order chi connectivity index (χ1) is 9.44. The highest BCUT2D eigenvalue weighted by atomic mass is 79.9. The van der Waals surface area contributed by atoms with Gasteiger partial charge in [-0.1, -0.05) is 12.1 Å². The van der Waals surface area contributed by atoms with Crippen molar-refractivity contribution in [1.29, 1.82) is 0 Å². The maximum absolute atomic E-state index is 12.0. The van der Waals surface area contributed by atoms with Gasteiger partial charge >= 0.3 is 0 Å². The fraction of sp³-hybridized carbons (Fsp3) is 0.231. The van der Waals surface area contributed by atoms with Gasteiger partial charge in [0.2, 0.25) is 10.0 Å². The summed E-state index contributed by atoms with van der Waals surface area (Å²) < 4.78 is 32.3. The van der Waals surface area contributed by atoms with Crippen LogP contribution in [0.15, 0.2) is 50.4 Å². The van der Waals surface area contributed by atoms with Crippen molar-refractivity contribution in [2.75, 3.05) is 12.4 Å². The molecule has 0 saturated heterocycles. The number of hydrogen-bond acceptors (Lipinski definition) is 4. The number of sulfonamides is 1. The third-order valence-corrected chi connectivity index (χ3v) is 4.74. The van der Waals surface area contributed by atoms with Gasteiger partial charge in [0.1, 0.15) is 10.7 Å². The quantitative estimate of drug-likeness (QED) is 0.861. The monoisotopic (exact) mass is 358 g/mol. The van der Waals surface area contributed by atoms with Gasteiger partial charge in [0.05, 0.1) is 11.7 Å². The molecule has 108 valence electrons. The molecular weight excluding hydrogens is 344 g/mol. The van der Waals surface area contributed by atoms with Crippen LogP contribution in [0, 0.1) is 0 Å². The second-order valence-electron chi connectivity index (χ2n) is 4.21. The first-order valence-corrected chi connectivity index (χ1v) is 8.26. The molecule has 1 unspecified atom stereocenters. The van der Waals surface area contributed by atoms with Crippen LogP contribution in [-0.4, -0.2) is 15.5 Å². The molecule has 0 amide bonds. The second-order valence-corrected chi connectivity index (χ2v) is 6.85. The number of benzene rings is 1. The van der Waals surface area contributed by atoms with E-state index in [9.17, 15) is 8.42 Å². The Kier molecular flexibility index (Phi) is 4.52. The number of hydrogen-bond donors (Lipinski definition) is 2. The number of nitrogens with one attached hydrogen (secondary N) is 2. The fourth-order valence-electron chi connectivity index (χ4n) is 1.80.